The minimum atomic E-state index is 0.925. The van der Waals surface area contributed by atoms with Crippen LogP contribution in [0.15, 0.2) is 48.7 Å². The van der Waals surface area contributed by atoms with Crippen LogP contribution in [0.3, 0.4) is 0 Å². The van der Waals surface area contributed by atoms with E-state index in [1.807, 2.05) is 24.4 Å². The zero-order valence-electron chi connectivity index (χ0n) is 10.2. The quantitative estimate of drug-likeness (QED) is 0.792. The third-order valence-electron chi connectivity index (χ3n) is 2.64. The minimum absolute atomic E-state index is 0.925. The summed E-state index contributed by atoms with van der Waals surface area (Å²) in [5.41, 5.74) is 3.52. The van der Waals surface area contributed by atoms with Crippen LogP contribution in [-0.4, -0.2) is 11.5 Å². The first-order valence-electron chi connectivity index (χ1n) is 6.11. The largest absolute Gasteiger partial charge is 0.313 e. The second-order valence-electron chi connectivity index (χ2n) is 4.09. The Hall–Kier alpha value is -1.67. The zero-order valence-corrected chi connectivity index (χ0v) is 10.2. The first kappa shape index (κ1) is 11.8. The van der Waals surface area contributed by atoms with Gasteiger partial charge in [-0.25, -0.2) is 0 Å². The van der Waals surface area contributed by atoms with Gasteiger partial charge >= 0.3 is 0 Å². The molecule has 1 aromatic heterocycles. The Kier molecular flexibility index (Phi) is 4.28. The highest BCUT2D eigenvalue weighted by Gasteiger charge is 1.99. The lowest BCUT2D eigenvalue weighted by Crippen LogP contribution is -2.13. The molecule has 1 N–H and O–H groups in total. The predicted molar refractivity (Wildman–Crippen MR) is 71.7 cm³/mol. The maximum atomic E-state index is 4.37. The van der Waals surface area contributed by atoms with E-state index in [0.29, 0.717) is 0 Å². The second-order valence-corrected chi connectivity index (χ2v) is 4.09. The molecule has 0 amide bonds. The molecule has 1 heterocycles. The molecule has 0 spiro atoms. The molecule has 0 aliphatic heterocycles. The van der Waals surface area contributed by atoms with Gasteiger partial charge in [0.05, 0.1) is 5.69 Å². The van der Waals surface area contributed by atoms with E-state index in [0.717, 1.165) is 18.8 Å². The van der Waals surface area contributed by atoms with E-state index in [4.69, 9.17) is 0 Å². The average Bonchev–Trinajstić information content (AvgIpc) is 2.41. The third-order valence-corrected chi connectivity index (χ3v) is 2.64. The van der Waals surface area contributed by atoms with Crippen LogP contribution in [-0.2, 0) is 6.54 Å². The van der Waals surface area contributed by atoms with Crippen LogP contribution in [0.2, 0.25) is 0 Å². The molecule has 0 aliphatic rings. The van der Waals surface area contributed by atoms with Gasteiger partial charge in [-0.1, -0.05) is 31.2 Å². The molecule has 0 fully saturated rings. The highest BCUT2D eigenvalue weighted by atomic mass is 14.8. The molecular formula is C15H18N2. The van der Waals surface area contributed by atoms with Crippen molar-refractivity contribution in [2.75, 3.05) is 6.54 Å². The summed E-state index contributed by atoms with van der Waals surface area (Å²) in [5.74, 6) is 0. The van der Waals surface area contributed by atoms with Gasteiger partial charge in [0, 0.05) is 18.3 Å². The standard InChI is InChI=1S/C15H18N2/c1-2-9-16-12-13-6-5-7-14(11-13)15-8-3-4-10-17-15/h3-8,10-11,16H,2,9,12H2,1H3. The number of pyridine rings is 1. The van der Waals surface area contributed by atoms with Gasteiger partial charge in [-0.2, -0.15) is 0 Å². The van der Waals surface area contributed by atoms with E-state index in [-0.39, 0.29) is 0 Å². The maximum Gasteiger partial charge on any atom is 0.0702 e. The first-order valence-corrected chi connectivity index (χ1v) is 6.11. The van der Waals surface area contributed by atoms with Gasteiger partial charge in [-0.3, -0.25) is 4.98 Å². The van der Waals surface area contributed by atoms with Crippen LogP contribution in [0, 0.1) is 0 Å². The fourth-order valence-electron chi connectivity index (χ4n) is 1.78. The number of hydrogen-bond acceptors (Lipinski definition) is 2. The van der Waals surface area contributed by atoms with E-state index in [1.165, 1.54) is 17.5 Å². The number of benzene rings is 1. The van der Waals surface area contributed by atoms with Crippen molar-refractivity contribution in [3.8, 4) is 11.3 Å². The van der Waals surface area contributed by atoms with Crippen molar-refractivity contribution in [3.63, 3.8) is 0 Å². The molecule has 0 radical (unpaired) electrons. The second kappa shape index (κ2) is 6.16. The van der Waals surface area contributed by atoms with Gasteiger partial charge < -0.3 is 5.32 Å². The lowest BCUT2D eigenvalue weighted by atomic mass is 10.1. The summed E-state index contributed by atoms with van der Waals surface area (Å²) in [6.45, 7) is 4.17. The zero-order chi connectivity index (χ0) is 11.9. The number of aromatic nitrogens is 1. The first-order chi connectivity index (χ1) is 8.40. The van der Waals surface area contributed by atoms with Crippen molar-refractivity contribution < 1.29 is 0 Å². The minimum Gasteiger partial charge on any atom is -0.313 e. The maximum absolute atomic E-state index is 4.37. The van der Waals surface area contributed by atoms with Crippen molar-refractivity contribution in [2.24, 2.45) is 0 Å². The summed E-state index contributed by atoms with van der Waals surface area (Å²) in [5, 5.41) is 3.41. The molecule has 2 rings (SSSR count). The van der Waals surface area contributed by atoms with Gasteiger partial charge in [0.25, 0.3) is 0 Å². The van der Waals surface area contributed by atoms with Crippen molar-refractivity contribution >= 4 is 0 Å². The van der Waals surface area contributed by atoms with Crippen LogP contribution in [0.4, 0.5) is 0 Å². The molecule has 0 bridgehead atoms. The fourth-order valence-corrected chi connectivity index (χ4v) is 1.78. The van der Waals surface area contributed by atoms with Gasteiger partial charge in [-0.15, -0.1) is 0 Å². The summed E-state index contributed by atoms with van der Waals surface area (Å²) < 4.78 is 0. The van der Waals surface area contributed by atoms with Gasteiger partial charge in [-0.05, 0) is 36.7 Å². The van der Waals surface area contributed by atoms with Crippen molar-refractivity contribution in [1.29, 1.82) is 0 Å². The van der Waals surface area contributed by atoms with Gasteiger partial charge in [0.1, 0.15) is 0 Å². The lowest BCUT2D eigenvalue weighted by molar-refractivity contribution is 0.675. The molecular weight excluding hydrogens is 208 g/mol. The van der Waals surface area contributed by atoms with Crippen molar-refractivity contribution in [1.82, 2.24) is 10.3 Å². The molecule has 0 saturated carbocycles. The summed E-state index contributed by atoms with van der Waals surface area (Å²) >= 11 is 0. The number of nitrogens with zero attached hydrogens (tertiary/aromatic N) is 1. The molecule has 0 aliphatic carbocycles. The Morgan fingerprint density at radius 3 is 2.82 bits per heavy atom. The van der Waals surface area contributed by atoms with E-state index in [1.54, 1.807) is 0 Å². The summed E-state index contributed by atoms with van der Waals surface area (Å²) in [6.07, 6.45) is 3.00. The predicted octanol–water partition coefficient (Wildman–Crippen LogP) is 3.25. The third kappa shape index (κ3) is 3.40. The van der Waals surface area contributed by atoms with Gasteiger partial charge in [0.2, 0.25) is 0 Å². The number of hydrogen-bond donors (Lipinski definition) is 1. The monoisotopic (exact) mass is 226 g/mol. The normalized spacial score (nSPS) is 10.4. The number of rotatable bonds is 5. The smallest absolute Gasteiger partial charge is 0.0702 e. The van der Waals surface area contributed by atoms with Crippen LogP contribution in [0.5, 0.6) is 0 Å². The Morgan fingerprint density at radius 2 is 2.06 bits per heavy atom. The summed E-state index contributed by atoms with van der Waals surface area (Å²) in [6, 6.07) is 14.5. The van der Waals surface area contributed by atoms with Crippen LogP contribution in [0.25, 0.3) is 11.3 Å². The molecule has 0 atom stereocenters. The van der Waals surface area contributed by atoms with E-state index in [9.17, 15) is 0 Å². The number of nitrogens with one attached hydrogen (secondary N) is 1. The lowest BCUT2D eigenvalue weighted by Gasteiger charge is -2.06. The molecule has 2 nitrogen and oxygen atoms in total. The highest BCUT2D eigenvalue weighted by molar-refractivity contribution is 5.59. The molecule has 17 heavy (non-hydrogen) atoms. The van der Waals surface area contributed by atoms with Crippen LogP contribution < -0.4 is 5.32 Å². The van der Waals surface area contributed by atoms with Crippen LogP contribution in [0.1, 0.15) is 18.9 Å². The van der Waals surface area contributed by atoms with E-state index < -0.39 is 0 Å². The Bertz CT molecular complexity index is 451. The molecule has 0 unspecified atom stereocenters. The molecule has 2 aromatic rings. The van der Waals surface area contributed by atoms with E-state index >= 15 is 0 Å². The topological polar surface area (TPSA) is 24.9 Å². The Balaban J connectivity index is 2.12. The average molecular weight is 226 g/mol. The molecule has 1 aromatic carbocycles. The summed E-state index contributed by atoms with van der Waals surface area (Å²) in [4.78, 5) is 4.37. The van der Waals surface area contributed by atoms with Gasteiger partial charge in [0.15, 0.2) is 0 Å². The Morgan fingerprint density at radius 1 is 1.12 bits per heavy atom. The summed E-state index contributed by atoms with van der Waals surface area (Å²) in [7, 11) is 0. The Labute approximate surface area is 103 Å². The highest BCUT2D eigenvalue weighted by Crippen LogP contribution is 2.17. The van der Waals surface area contributed by atoms with Crippen molar-refractivity contribution in [2.45, 2.75) is 19.9 Å². The fraction of sp³-hybridized carbons (Fsp3) is 0.267. The van der Waals surface area contributed by atoms with E-state index in [2.05, 4.69) is 41.5 Å². The SMILES string of the molecule is CCCNCc1cccc(-c2ccccn2)c1. The molecule has 0 saturated heterocycles. The van der Waals surface area contributed by atoms with Crippen LogP contribution >= 0.6 is 0 Å². The van der Waals surface area contributed by atoms with Crippen molar-refractivity contribution in [3.05, 3.63) is 54.2 Å². The molecule has 2 heteroatoms. The molecule has 88 valence electrons.